The molecule has 0 spiro atoms. The van der Waals surface area contributed by atoms with Gasteiger partial charge in [0.05, 0.1) is 0 Å². The van der Waals surface area contributed by atoms with Gasteiger partial charge in [-0.25, -0.2) is 0 Å². The number of carbonyl (C=O) groups is 1. The van der Waals surface area contributed by atoms with E-state index in [0.717, 1.165) is 12.6 Å². The highest BCUT2D eigenvalue weighted by Gasteiger charge is 2.23. The number of hydrogen-bond acceptors (Lipinski definition) is 2. The number of carbonyl (C=O) groups excluding carboxylic acids is 1. The molecule has 0 saturated heterocycles. The number of hydrogen-bond donors (Lipinski definition) is 2. The minimum Gasteiger partial charge on any atom is -0.353 e. The number of amides is 1. The minimum absolute atomic E-state index is 0.214. The monoisotopic (exact) mass is 168 g/mol. The Morgan fingerprint density at radius 1 is 1.17 bits per heavy atom. The largest absolute Gasteiger partial charge is 0.353 e. The average Bonchev–Trinajstić information content (AvgIpc) is 2.77. The quantitative estimate of drug-likeness (QED) is 0.624. The fraction of sp³-hybridized carbons (Fsp3) is 0.889. The van der Waals surface area contributed by atoms with Crippen molar-refractivity contribution in [2.45, 2.75) is 44.2 Å². The molecule has 0 bridgehead atoms. The second kappa shape index (κ2) is 3.44. The molecule has 68 valence electrons. The molecule has 1 amide bonds. The summed E-state index contributed by atoms with van der Waals surface area (Å²) in [5.74, 6) is 0.214. The molecule has 0 aromatic heterocycles. The van der Waals surface area contributed by atoms with E-state index in [4.69, 9.17) is 0 Å². The van der Waals surface area contributed by atoms with Crippen LogP contribution in [-0.4, -0.2) is 24.5 Å². The van der Waals surface area contributed by atoms with Gasteiger partial charge >= 0.3 is 0 Å². The van der Waals surface area contributed by atoms with E-state index in [2.05, 4.69) is 10.6 Å². The van der Waals surface area contributed by atoms with Crippen molar-refractivity contribution >= 4 is 5.91 Å². The van der Waals surface area contributed by atoms with Crippen molar-refractivity contribution in [2.75, 3.05) is 6.54 Å². The van der Waals surface area contributed by atoms with Crippen molar-refractivity contribution in [2.24, 2.45) is 0 Å². The van der Waals surface area contributed by atoms with Crippen LogP contribution in [0.25, 0.3) is 0 Å². The number of nitrogens with one attached hydrogen (secondary N) is 2. The van der Waals surface area contributed by atoms with Gasteiger partial charge in [-0.3, -0.25) is 4.79 Å². The Morgan fingerprint density at radius 2 is 1.83 bits per heavy atom. The van der Waals surface area contributed by atoms with Crippen molar-refractivity contribution in [3.8, 4) is 0 Å². The van der Waals surface area contributed by atoms with E-state index >= 15 is 0 Å². The van der Waals surface area contributed by atoms with Crippen LogP contribution in [0.2, 0.25) is 0 Å². The maximum atomic E-state index is 11.1. The van der Waals surface area contributed by atoms with Gasteiger partial charge in [-0.15, -0.1) is 0 Å². The van der Waals surface area contributed by atoms with Crippen LogP contribution in [0.5, 0.6) is 0 Å². The zero-order chi connectivity index (χ0) is 8.39. The minimum atomic E-state index is 0.214. The maximum Gasteiger partial charge on any atom is 0.221 e. The summed E-state index contributed by atoms with van der Waals surface area (Å²) in [6.45, 7) is 0.850. The molecule has 0 unspecified atom stereocenters. The summed E-state index contributed by atoms with van der Waals surface area (Å²) in [4.78, 5) is 11.1. The van der Waals surface area contributed by atoms with E-state index in [1.807, 2.05) is 0 Å². The Kier molecular flexibility index (Phi) is 2.30. The summed E-state index contributed by atoms with van der Waals surface area (Å²) in [5, 5.41) is 6.29. The molecule has 0 aromatic rings. The summed E-state index contributed by atoms with van der Waals surface area (Å²) in [6, 6.07) is 1.23. The molecule has 0 heterocycles. The van der Waals surface area contributed by atoms with Crippen molar-refractivity contribution in [3.63, 3.8) is 0 Å². The first-order chi connectivity index (χ1) is 5.84. The zero-order valence-electron chi connectivity index (χ0n) is 7.31. The van der Waals surface area contributed by atoms with Crippen molar-refractivity contribution in [3.05, 3.63) is 0 Å². The van der Waals surface area contributed by atoms with Gasteiger partial charge in [-0.05, 0) is 25.7 Å². The van der Waals surface area contributed by atoms with Crippen LogP contribution >= 0.6 is 0 Å². The molecule has 3 nitrogen and oxygen atoms in total. The molecule has 0 aliphatic heterocycles. The smallest absolute Gasteiger partial charge is 0.221 e. The summed E-state index contributed by atoms with van der Waals surface area (Å²) >= 11 is 0. The highest BCUT2D eigenvalue weighted by molar-refractivity contribution is 5.76. The Bertz CT molecular complexity index is 173. The van der Waals surface area contributed by atoms with E-state index in [9.17, 15) is 4.79 Å². The Balaban J connectivity index is 1.49. The SMILES string of the molecule is O=C(CCNC1CC1)NC1CC1. The zero-order valence-corrected chi connectivity index (χ0v) is 7.31. The highest BCUT2D eigenvalue weighted by atomic mass is 16.1. The predicted octanol–water partition coefficient (Wildman–Crippen LogP) is 0.407. The fourth-order valence-electron chi connectivity index (χ4n) is 1.20. The molecule has 2 fully saturated rings. The first kappa shape index (κ1) is 8.05. The predicted molar refractivity (Wildman–Crippen MR) is 46.8 cm³/mol. The van der Waals surface area contributed by atoms with Crippen LogP contribution in [0.3, 0.4) is 0 Å². The Morgan fingerprint density at radius 3 is 2.42 bits per heavy atom. The lowest BCUT2D eigenvalue weighted by Gasteiger charge is -2.03. The van der Waals surface area contributed by atoms with Gasteiger partial charge in [0, 0.05) is 25.0 Å². The van der Waals surface area contributed by atoms with E-state index in [1.54, 1.807) is 0 Å². The normalized spacial score (nSPS) is 22.3. The lowest BCUT2D eigenvalue weighted by atomic mass is 10.4. The van der Waals surface area contributed by atoms with Crippen molar-refractivity contribution in [1.29, 1.82) is 0 Å². The molecule has 3 heteroatoms. The second-order valence-electron chi connectivity index (χ2n) is 3.82. The first-order valence-electron chi connectivity index (χ1n) is 4.87. The molecule has 2 aliphatic rings. The Labute approximate surface area is 72.9 Å². The average molecular weight is 168 g/mol. The molecule has 2 aliphatic carbocycles. The third kappa shape index (κ3) is 2.81. The molecule has 12 heavy (non-hydrogen) atoms. The van der Waals surface area contributed by atoms with E-state index in [1.165, 1.54) is 25.7 Å². The summed E-state index contributed by atoms with van der Waals surface area (Å²) in [5.41, 5.74) is 0. The van der Waals surface area contributed by atoms with Crippen LogP contribution in [0.4, 0.5) is 0 Å². The van der Waals surface area contributed by atoms with Crippen LogP contribution < -0.4 is 10.6 Å². The third-order valence-corrected chi connectivity index (χ3v) is 2.30. The Hall–Kier alpha value is -0.570. The van der Waals surface area contributed by atoms with Gasteiger partial charge in [-0.2, -0.15) is 0 Å². The molecule has 2 saturated carbocycles. The molecule has 2 N–H and O–H groups in total. The first-order valence-corrected chi connectivity index (χ1v) is 4.87. The van der Waals surface area contributed by atoms with Gasteiger partial charge in [0.15, 0.2) is 0 Å². The molecule has 0 radical (unpaired) electrons. The summed E-state index contributed by atoms with van der Waals surface area (Å²) < 4.78 is 0. The topological polar surface area (TPSA) is 41.1 Å². The lowest BCUT2D eigenvalue weighted by Crippen LogP contribution is -2.29. The van der Waals surface area contributed by atoms with Gasteiger partial charge < -0.3 is 10.6 Å². The molecule has 2 rings (SSSR count). The molecular weight excluding hydrogens is 152 g/mol. The third-order valence-electron chi connectivity index (χ3n) is 2.30. The fourth-order valence-corrected chi connectivity index (χ4v) is 1.20. The molecular formula is C9H16N2O. The van der Waals surface area contributed by atoms with Gasteiger partial charge in [-0.1, -0.05) is 0 Å². The van der Waals surface area contributed by atoms with Crippen LogP contribution in [-0.2, 0) is 4.79 Å². The molecule has 0 atom stereocenters. The van der Waals surface area contributed by atoms with Crippen molar-refractivity contribution in [1.82, 2.24) is 10.6 Å². The van der Waals surface area contributed by atoms with E-state index < -0.39 is 0 Å². The standard InChI is InChI=1S/C9H16N2O/c12-9(11-8-3-4-8)5-6-10-7-1-2-7/h7-8,10H,1-6H2,(H,11,12). The number of rotatable bonds is 5. The lowest BCUT2D eigenvalue weighted by molar-refractivity contribution is -0.121. The van der Waals surface area contributed by atoms with Crippen molar-refractivity contribution < 1.29 is 4.79 Å². The van der Waals surface area contributed by atoms with Crippen LogP contribution in [0, 0.1) is 0 Å². The van der Waals surface area contributed by atoms with Crippen LogP contribution in [0.1, 0.15) is 32.1 Å². The molecule has 0 aromatic carbocycles. The van der Waals surface area contributed by atoms with Gasteiger partial charge in [0.1, 0.15) is 0 Å². The van der Waals surface area contributed by atoms with E-state index in [-0.39, 0.29) is 5.91 Å². The highest BCUT2D eigenvalue weighted by Crippen LogP contribution is 2.19. The maximum absolute atomic E-state index is 11.1. The van der Waals surface area contributed by atoms with Gasteiger partial charge in [0.2, 0.25) is 5.91 Å². The van der Waals surface area contributed by atoms with E-state index in [0.29, 0.717) is 12.5 Å². The van der Waals surface area contributed by atoms with Crippen LogP contribution in [0.15, 0.2) is 0 Å². The summed E-state index contributed by atoms with van der Waals surface area (Å²) in [6.07, 6.45) is 5.60. The summed E-state index contributed by atoms with van der Waals surface area (Å²) in [7, 11) is 0. The second-order valence-corrected chi connectivity index (χ2v) is 3.82. The van der Waals surface area contributed by atoms with Gasteiger partial charge in [0.25, 0.3) is 0 Å².